The number of methoxy groups -OCH3 is 1. The van der Waals surface area contributed by atoms with Crippen molar-refractivity contribution in [2.45, 2.75) is 64.2 Å². The van der Waals surface area contributed by atoms with E-state index in [1.54, 1.807) is 27.2 Å². The first-order valence-electron chi connectivity index (χ1n) is 10.4. The van der Waals surface area contributed by atoms with Gasteiger partial charge in [0.25, 0.3) is 0 Å². The molecule has 0 radical (unpaired) electrons. The SMILES string of the molecule is COC1CCC(N2CC(=O)Nc3ncc(-c4ccc(C(C)(C)O)nc4C)nc32)CC1. The zero-order chi connectivity index (χ0) is 21.5. The van der Waals surface area contributed by atoms with Crippen LogP contribution < -0.4 is 10.2 Å². The van der Waals surface area contributed by atoms with Crippen molar-refractivity contribution in [3.8, 4) is 11.3 Å². The third-order valence-corrected chi connectivity index (χ3v) is 6.00. The molecule has 0 spiro atoms. The molecular weight excluding hydrogens is 382 g/mol. The highest BCUT2D eigenvalue weighted by molar-refractivity contribution is 5.99. The first kappa shape index (κ1) is 20.7. The second-order valence-corrected chi connectivity index (χ2v) is 8.66. The number of amides is 1. The molecule has 2 aliphatic rings. The number of fused-ring (bicyclic) bond motifs is 1. The molecule has 30 heavy (non-hydrogen) atoms. The summed E-state index contributed by atoms with van der Waals surface area (Å²) in [6, 6.07) is 3.97. The number of carbonyl (C=O) groups is 1. The van der Waals surface area contributed by atoms with Gasteiger partial charge in [-0.2, -0.15) is 0 Å². The van der Waals surface area contributed by atoms with E-state index in [9.17, 15) is 9.90 Å². The zero-order valence-electron chi connectivity index (χ0n) is 18.0. The summed E-state index contributed by atoms with van der Waals surface area (Å²) in [6.07, 6.45) is 5.82. The predicted octanol–water partition coefficient (Wildman–Crippen LogP) is 2.79. The Kier molecular flexibility index (Phi) is 5.46. The smallest absolute Gasteiger partial charge is 0.245 e. The van der Waals surface area contributed by atoms with Gasteiger partial charge in [0.05, 0.1) is 30.2 Å². The van der Waals surface area contributed by atoms with Crippen LogP contribution in [0.1, 0.15) is 50.9 Å². The lowest BCUT2D eigenvalue weighted by Gasteiger charge is -2.39. The summed E-state index contributed by atoms with van der Waals surface area (Å²) in [5.74, 6) is 1.15. The molecule has 4 rings (SSSR count). The second-order valence-electron chi connectivity index (χ2n) is 8.66. The predicted molar refractivity (Wildman–Crippen MR) is 114 cm³/mol. The Balaban J connectivity index is 1.67. The molecule has 3 heterocycles. The van der Waals surface area contributed by atoms with Crippen molar-refractivity contribution in [1.29, 1.82) is 0 Å². The van der Waals surface area contributed by atoms with Gasteiger partial charge in [0.1, 0.15) is 5.60 Å². The summed E-state index contributed by atoms with van der Waals surface area (Å²) in [5, 5.41) is 13.1. The molecule has 1 aliphatic heterocycles. The lowest BCUT2D eigenvalue weighted by Crippen LogP contribution is -2.47. The van der Waals surface area contributed by atoms with E-state index in [-0.39, 0.29) is 18.5 Å². The Morgan fingerprint density at radius 3 is 2.57 bits per heavy atom. The number of hydrogen-bond acceptors (Lipinski definition) is 7. The van der Waals surface area contributed by atoms with Crippen molar-refractivity contribution in [2.24, 2.45) is 0 Å². The molecule has 0 aromatic carbocycles. The van der Waals surface area contributed by atoms with Crippen molar-refractivity contribution < 1.29 is 14.6 Å². The molecule has 1 saturated carbocycles. The van der Waals surface area contributed by atoms with Crippen LogP contribution >= 0.6 is 0 Å². The van der Waals surface area contributed by atoms with Crippen LogP contribution in [-0.4, -0.2) is 51.8 Å². The van der Waals surface area contributed by atoms with Gasteiger partial charge < -0.3 is 20.1 Å². The molecule has 0 bridgehead atoms. The number of rotatable bonds is 4. The lowest BCUT2D eigenvalue weighted by atomic mass is 9.91. The molecule has 1 aliphatic carbocycles. The quantitative estimate of drug-likeness (QED) is 0.798. The first-order chi connectivity index (χ1) is 14.3. The second kappa shape index (κ2) is 7.92. The van der Waals surface area contributed by atoms with Gasteiger partial charge in [-0.15, -0.1) is 0 Å². The molecule has 8 heteroatoms. The molecule has 8 nitrogen and oxygen atoms in total. The highest BCUT2D eigenvalue weighted by atomic mass is 16.5. The molecule has 2 N–H and O–H groups in total. The van der Waals surface area contributed by atoms with Gasteiger partial charge >= 0.3 is 0 Å². The van der Waals surface area contributed by atoms with Gasteiger partial charge in [-0.25, -0.2) is 9.97 Å². The summed E-state index contributed by atoms with van der Waals surface area (Å²) >= 11 is 0. The van der Waals surface area contributed by atoms with Crippen molar-refractivity contribution in [1.82, 2.24) is 15.0 Å². The zero-order valence-corrected chi connectivity index (χ0v) is 18.0. The normalized spacial score (nSPS) is 21.9. The number of pyridine rings is 1. The van der Waals surface area contributed by atoms with Crippen LogP contribution in [0.4, 0.5) is 11.6 Å². The van der Waals surface area contributed by atoms with Gasteiger partial charge in [-0.3, -0.25) is 9.78 Å². The third kappa shape index (κ3) is 4.02. The highest BCUT2D eigenvalue weighted by Gasteiger charge is 2.33. The molecule has 1 amide bonds. The molecule has 1 fully saturated rings. The number of carbonyl (C=O) groups excluding carboxylic acids is 1. The molecule has 0 saturated heterocycles. The van der Waals surface area contributed by atoms with Gasteiger partial charge in [-0.1, -0.05) is 0 Å². The van der Waals surface area contributed by atoms with E-state index in [0.29, 0.717) is 29.1 Å². The minimum Gasteiger partial charge on any atom is -0.384 e. The lowest BCUT2D eigenvalue weighted by molar-refractivity contribution is -0.115. The molecule has 2 aromatic heterocycles. The Labute approximate surface area is 176 Å². The standard InChI is InChI=1S/C22H29N5O3/c1-13-16(9-10-18(24-13)22(2,3)29)17-11-23-20-21(25-17)27(12-19(28)26-20)14-5-7-15(30-4)8-6-14/h9-11,14-15,29H,5-8,12H2,1-4H3,(H,23,26,28). The molecule has 0 atom stereocenters. The van der Waals surface area contributed by atoms with Crippen LogP contribution in [0, 0.1) is 6.92 Å². The summed E-state index contributed by atoms with van der Waals surface area (Å²) < 4.78 is 5.49. The number of aryl methyl sites for hydroxylation is 1. The first-order valence-corrected chi connectivity index (χ1v) is 10.4. The summed E-state index contributed by atoms with van der Waals surface area (Å²) in [4.78, 5) is 28.3. The van der Waals surface area contributed by atoms with Crippen LogP contribution in [-0.2, 0) is 15.1 Å². The minimum absolute atomic E-state index is 0.0641. The Morgan fingerprint density at radius 1 is 1.20 bits per heavy atom. The maximum Gasteiger partial charge on any atom is 0.245 e. The van der Waals surface area contributed by atoms with E-state index in [1.807, 2.05) is 19.1 Å². The van der Waals surface area contributed by atoms with E-state index in [0.717, 1.165) is 36.9 Å². The fourth-order valence-electron chi connectivity index (χ4n) is 4.27. The van der Waals surface area contributed by atoms with E-state index < -0.39 is 5.60 Å². The van der Waals surface area contributed by atoms with Gasteiger partial charge in [0.2, 0.25) is 5.91 Å². The number of aromatic nitrogens is 3. The van der Waals surface area contributed by atoms with E-state index in [1.165, 1.54) is 0 Å². The molecule has 0 unspecified atom stereocenters. The Morgan fingerprint density at radius 2 is 1.93 bits per heavy atom. The van der Waals surface area contributed by atoms with Crippen LogP contribution in [0.15, 0.2) is 18.3 Å². The fourth-order valence-corrected chi connectivity index (χ4v) is 4.27. The summed E-state index contributed by atoms with van der Waals surface area (Å²) in [7, 11) is 1.76. The largest absolute Gasteiger partial charge is 0.384 e. The third-order valence-electron chi connectivity index (χ3n) is 6.00. The average molecular weight is 412 g/mol. The van der Waals surface area contributed by atoms with E-state index in [2.05, 4.69) is 20.2 Å². The van der Waals surface area contributed by atoms with E-state index in [4.69, 9.17) is 9.72 Å². The van der Waals surface area contributed by atoms with Crippen molar-refractivity contribution in [3.63, 3.8) is 0 Å². The van der Waals surface area contributed by atoms with Gasteiger partial charge in [-0.05, 0) is 58.6 Å². The van der Waals surface area contributed by atoms with Gasteiger partial charge in [0, 0.05) is 24.4 Å². The molecular formula is C22H29N5O3. The van der Waals surface area contributed by atoms with Crippen LogP contribution in [0.25, 0.3) is 11.3 Å². The summed E-state index contributed by atoms with van der Waals surface area (Å²) in [6.45, 7) is 5.61. The Hall–Kier alpha value is -2.58. The number of anilines is 2. The van der Waals surface area contributed by atoms with E-state index >= 15 is 0 Å². The number of aliphatic hydroxyl groups is 1. The topological polar surface area (TPSA) is 100 Å². The maximum absolute atomic E-state index is 12.3. The average Bonchev–Trinajstić information content (AvgIpc) is 2.72. The van der Waals surface area contributed by atoms with Crippen LogP contribution in [0.5, 0.6) is 0 Å². The molecule has 2 aromatic rings. The summed E-state index contributed by atoms with van der Waals surface area (Å²) in [5.41, 5.74) is 1.94. The number of nitrogens with one attached hydrogen (secondary N) is 1. The molecule has 160 valence electrons. The highest BCUT2D eigenvalue weighted by Crippen LogP contribution is 2.35. The van der Waals surface area contributed by atoms with Crippen LogP contribution in [0.3, 0.4) is 0 Å². The Bertz CT molecular complexity index is 948. The van der Waals surface area contributed by atoms with Crippen molar-refractivity contribution >= 4 is 17.5 Å². The monoisotopic (exact) mass is 411 g/mol. The van der Waals surface area contributed by atoms with Gasteiger partial charge in [0.15, 0.2) is 11.6 Å². The number of nitrogens with zero attached hydrogens (tertiary/aromatic N) is 4. The van der Waals surface area contributed by atoms with Crippen molar-refractivity contribution in [3.05, 3.63) is 29.7 Å². The number of ether oxygens (including phenoxy) is 1. The maximum atomic E-state index is 12.3. The number of hydrogen-bond donors (Lipinski definition) is 2. The minimum atomic E-state index is -1.01. The fraction of sp³-hybridized carbons (Fsp3) is 0.545. The van der Waals surface area contributed by atoms with Crippen molar-refractivity contribution in [2.75, 3.05) is 23.9 Å². The van der Waals surface area contributed by atoms with Crippen LogP contribution in [0.2, 0.25) is 0 Å².